The van der Waals surface area contributed by atoms with E-state index in [4.69, 9.17) is 5.11 Å². The molecule has 2 heteroatoms. The molecule has 0 heterocycles. The van der Waals surface area contributed by atoms with E-state index < -0.39 is 6.10 Å². The highest BCUT2D eigenvalue weighted by molar-refractivity contribution is 5.85. The first kappa shape index (κ1) is 11.1. The summed E-state index contributed by atoms with van der Waals surface area (Å²) >= 11 is 0. The van der Waals surface area contributed by atoms with Crippen LogP contribution in [-0.4, -0.2) is 22.9 Å². The van der Waals surface area contributed by atoms with Gasteiger partial charge in [-0.05, 0) is 29.2 Å². The average Bonchev–Trinajstić information content (AvgIpc) is 2.35. The van der Waals surface area contributed by atoms with Gasteiger partial charge in [-0.15, -0.1) is 0 Å². The first-order valence-corrected chi connectivity index (χ1v) is 5.57. The van der Waals surface area contributed by atoms with Crippen molar-refractivity contribution in [2.45, 2.75) is 18.9 Å². The van der Waals surface area contributed by atoms with E-state index in [9.17, 15) is 5.11 Å². The summed E-state index contributed by atoms with van der Waals surface area (Å²) in [6.45, 7) is -0.162. The number of fused-ring (bicyclic) bond motifs is 1. The van der Waals surface area contributed by atoms with E-state index in [1.54, 1.807) is 0 Å². The number of rotatable bonds is 4. The topological polar surface area (TPSA) is 40.5 Å². The second kappa shape index (κ2) is 5.10. The van der Waals surface area contributed by atoms with E-state index in [1.807, 2.05) is 18.2 Å². The second-order valence-corrected chi connectivity index (χ2v) is 4.01. The van der Waals surface area contributed by atoms with Crippen molar-refractivity contribution in [3.8, 4) is 0 Å². The number of aliphatic hydroxyl groups is 2. The quantitative estimate of drug-likeness (QED) is 0.822. The fraction of sp³-hybridized carbons (Fsp3) is 0.286. The molecule has 0 aromatic heterocycles. The van der Waals surface area contributed by atoms with Crippen LogP contribution in [0, 0.1) is 0 Å². The predicted molar refractivity (Wildman–Crippen MR) is 65.4 cm³/mol. The molecule has 0 radical (unpaired) electrons. The molecule has 0 amide bonds. The third kappa shape index (κ3) is 2.40. The van der Waals surface area contributed by atoms with E-state index in [-0.39, 0.29) is 6.61 Å². The van der Waals surface area contributed by atoms with Crippen molar-refractivity contribution in [3.63, 3.8) is 0 Å². The summed E-state index contributed by atoms with van der Waals surface area (Å²) < 4.78 is 0. The maximum absolute atomic E-state index is 9.34. The molecule has 2 nitrogen and oxygen atoms in total. The number of aryl methyl sites for hydroxylation is 1. The first-order chi connectivity index (χ1) is 7.81. The van der Waals surface area contributed by atoms with Crippen LogP contribution in [-0.2, 0) is 6.42 Å². The summed E-state index contributed by atoms with van der Waals surface area (Å²) in [5.74, 6) is 0. The monoisotopic (exact) mass is 216 g/mol. The average molecular weight is 216 g/mol. The van der Waals surface area contributed by atoms with Gasteiger partial charge in [0.2, 0.25) is 0 Å². The lowest BCUT2D eigenvalue weighted by molar-refractivity contribution is 0.0886. The third-order valence-electron chi connectivity index (χ3n) is 2.84. The molecule has 0 aliphatic carbocycles. The van der Waals surface area contributed by atoms with E-state index in [0.29, 0.717) is 6.42 Å². The van der Waals surface area contributed by atoms with Crippen LogP contribution in [0.2, 0.25) is 0 Å². The summed E-state index contributed by atoms with van der Waals surface area (Å²) in [7, 11) is 0. The van der Waals surface area contributed by atoms with Gasteiger partial charge in [0.1, 0.15) is 0 Å². The Kier molecular flexibility index (Phi) is 3.54. The molecule has 0 aliphatic heterocycles. The Labute approximate surface area is 95.2 Å². The van der Waals surface area contributed by atoms with Gasteiger partial charge < -0.3 is 10.2 Å². The Morgan fingerprint density at radius 3 is 2.56 bits per heavy atom. The van der Waals surface area contributed by atoms with Crippen LogP contribution in [0.15, 0.2) is 42.5 Å². The molecule has 0 spiro atoms. The highest BCUT2D eigenvalue weighted by Gasteiger charge is 2.04. The van der Waals surface area contributed by atoms with E-state index in [0.717, 1.165) is 6.42 Å². The van der Waals surface area contributed by atoms with Gasteiger partial charge in [0.15, 0.2) is 0 Å². The van der Waals surface area contributed by atoms with Crippen molar-refractivity contribution in [2.75, 3.05) is 6.61 Å². The summed E-state index contributed by atoms with van der Waals surface area (Å²) in [5.41, 5.74) is 1.23. The van der Waals surface area contributed by atoms with Crippen LogP contribution in [0.1, 0.15) is 12.0 Å². The van der Waals surface area contributed by atoms with Crippen molar-refractivity contribution in [3.05, 3.63) is 48.0 Å². The van der Waals surface area contributed by atoms with Gasteiger partial charge in [0.05, 0.1) is 12.7 Å². The lowest BCUT2D eigenvalue weighted by Crippen LogP contribution is -2.12. The van der Waals surface area contributed by atoms with Gasteiger partial charge in [-0.25, -0.2) is 0 Å². The minimum absolute atomic E-state index is 0.162. The number of aliphatic hydroxyl groups excluding tert-OH is 2. The lowest BCUT2D eigenvalue weighted by Gasteiger charge is -2.09. The molecular weight excluding hydrogens is 200 g/mol. The van der Waals surface area contributed by atoms with Crippen LogP contribution in [0.25, 0.3) is 10.8 Å². The van der Waals surface area contributed by atoms with Gasteiger partial charge in [0.25, 0.3) is 0 Å². The van der Waals surface area contributed by atoms with Crippen LogP contribution in [0.4, 0.5) is 0 Å². The largest absolute Gasteiger partial charge is 0.394 e. The zero-order chi connectivity index (χ0) is 11.4. The Balaban J connectivity index is 2.23. The van der Waals surface area contributed by atoms with Crippen molar-refractivity contribution < 1.29 is 10.2 Å². The van der Waals surface area contributed by atoms with Gasteiger partial charge >= 0.3 is 0 Å². The second-order valence-electron chi connectivity index (χ2n) is 4.01. The molecule has 2 N–H and O–H groups in total. The Bertz CT molecular complexity index is 460. The fourth-order valence-electron chi connectivity index (χ4n) is 1.92. The maximum Gasteiger partial charge on any atom is 0.0774 e. The molecule has 1 atom stereocenters. The number of benzene rings is 2. The standard InChI is InChI=1S/C14H16O2/c15-10-13(16)9-8-12-6-3-5-11-4-1-2-7-14(11)12/h1-7,13,15-16H,8-10H2. The minimum atomic E-state index is -0.612. The van der Waals surface area contributed by atoms with Crippen LogP contribution >= 0.6 is 0 Å². The van der Waals surface area contributed by atoms with Gasteiger partial charge in [-0.1, -0.05) is 42.5 Å². The SMILES string of the molecule is OCC(O)CCc1cccc2ccccc12. The molecule has 2 aromatic carbocycles. The molecule has 0 fully saturated rings. The Hall–Kier alpha value is -1.38. The molecule has 0 saturated heterocycles. The van der Waals surface area contributed by atoms with E-state index in [2.05, 4.69) is 24.3 Å². The minimum Gasteiger partial charge on any atom is -0.394 e. The van der Waals surface area contributed by atoms with Crippen molar-refractivity contribution in [1.29, 1.82) is 0 Å². The van der Waals surface area contributed by atoms with Crippen molar-refractivity contribution in [1.82, 2.24) is 0 Å². The molecule has 2 aromatic rings. The Morgan fingerprint density at radius 1 is 1.00 bits per heavy atom. The third-order valence-corrected chi connectivity index (χ3v) is 2.84. The zero-order valence-corrected chi connectivity index (χ0v) is 9.13. The molecule has 0 bridgehead atoms. The van der Waals surface area contributed by atoms with E-state index >= 15 is 0 Å². The summed E-state index contributed by atoms with van der Waals surface area (Å²) in [4.78, 5) is 0. The lowest BCUT2D eigenvalue weighted by atomic mass is 10.00. The normalized spacial score (nSPS) is 12.9. The predicted octanol–water partition coefficient (Wildman–Crippen LogP) is 2.13. The Morgan fingerprint density at radius 2 is 1.75 bits per heavy atom. The van der Waals surface area contributed by atoms with Crippen LogP contribution < -0.4 is 0 Å². The van der Waals surface area contributed by atoms with Crippen LogP contribution in [0.3, 0.4) is 0 Å². The van der Waals surface area contributed by atoms with Gasteiger partial charge in [0, 0.05) is 0 Å². The molecule has 0 aliphatic rings. The fourth-order valence-corrected chi connectivity index (χ4v) is 1.92. The number of hydrogen-bond donors (Lipinski definition) is 2. The molecule has 16 heavy (non-hydrogen) atoms. The summed E-state index contributed by atoms with van der Waals surface area (Å²) in [6, 6.07) is 14.4. The van der Waals surface area contributed by atoms with Crippen molar-refractivity contribution >= 4 is 10.8 Å². The maximum atomic E-state index is 9.34. The van der Waals surface area contributed by atoms with Crippen LogP contribution in [0.5, 0.6) is 0 Å². The number of hydrogen-bond acceptors (Lipinski definition) is 2. The zero-order valence-electron chi connectivity index (χ0n) is 9.13. The first-order valence-electron chi connectivity index (χ1n) is 5.57. The molecule has 0 saturated carbocycles. The summed E-state index contributed by atoms with van der Waals surface area (Å²) in [6.07, 6.45) is 0.784. The van der Waals surface area contributed by atoms with Crippen molar-refractivity contribution in [2.24, 2.45) is 0 Å². The highest BCUT2D eigenvalue weighted by atomic mass is 16.3. The molecule has 84 valence electrons. The smallest absolute Gasteiger partial charge is 0.0774 e. The van der Waals surface area contributed by atoms with Gasteiger partial charge in [-0.2, -0.15) is 0 Å². The highest BCUT2D eigenvalue weighted by Crippen LogP contribution is 2.20. The summed E-state index contributed by atoms with van der Waals surface area (Å²) in [5, 5.41) is 20.6. The molecule has 2 rings (SSSR count). The molecular formula is C14H16O2. The van der Waals surface area contributed by atoms with Gasteiger partial charge in [-0.3, -0.25) is 0 Å². The molecule has 1 unspecified atom stereocenters. The van der Waals surface area contributed by atoms with E-state index in [1.165, 1.54) is 16.3 Å².